The fourth-order valence-corrected chi connectivity index (χ4v) is 2.85. The number of nitrogens with one attached hydrogen (secondary N) is 1. The van der Waals surface area contributed by atoms with E-state index < -0.39 is 0 Å². The van der Waals surface area contributed by atoms with Gasteiger partial charge in [0.05, 0.1) is 0 Å². The van der Waals surface area contributed by atoms with Gasteiger partial charge >= 0.3 is 0 Å². The molecule has 0 aromatic heterocycles. The Hall–Kier alpha value is -0.610. The van der Waals surface area contributed by atoms with Crippen LogP contribution in [0.1, 0.15) is 39.0 Å². The molecule has 0 aromatic rings. The molecule has 0 aromatic carbocycles. The number of likely N-dealkylation sites (tertiary alicyclic amines) is 1. The number of hydrogen-bond acceptors (Lipinski definition) is 3. The second-order valence-electron chi connectivity index (χ2n) is 5.55. The van der Waals surface area contributed by atoms with Gasteiger partial charge in [0.1, 0.15) is 6.10 Å². The maximum absolute atomic E-state index is 12.0. The largest absolute Gasteiger partial charge is 0.369 e. The number of hydrogen-bond donors (Lipinski definition) is 1. The van der Waals surface area contributed by atoms with Gasteiger partial charge in [0, 0.05) is 19.7 Å². The molecule has 2 aliphatic rings. The number of carbonyl (C=O) groups excluding carboxylic acids is 1. The van der Waals surface area contributed by atoms with Crippen molar-refractivity contribution < 1.29 is 9.53 Å². The van der Waals surface area contributed by atoms with Gasteiger partial charge in [-0.3, -0.25) is 4.79 Å². The van der Waals surface area contributed by atoms with Gasteiger partial charge in [-0.25, -0.2) is 0 Å². The van der Waals surface area contributed by atoms with Crippen LogP contribution in [0.2, 0.25) is 0 Å². The summed E-state index contributed by atoms with van der Waals surface area (Å²) in [6.07, 6.45) is 5.67. The first kappa shape index (κ1) is 13.8. The monoisotopic (exact) mass is 254 g/mol. The molecule has 2 unspecified atom stereocenters. The second-order valence-corrected chi connectivity index (χ2v) is 5.55. The third kappa shape index (κ3) is 3.95. The van der Waals surface area contributed by atoms with E-state index in [1.165, 1.54) is 12.8 Å². The molecular weight excluding hydrogens is 228 g/mol. The molecular formula is C14H26N2O2. The van der Waals surface area contributed by atoms with Crippen LogP contribution in [-0.2, 0) is 9.53 Å². The van der Waals surface area contributed by atoms with Gasteiger partial charge in [0.25, 0.3) is 5.91 Å². The number of nitrogens with zero attached hydrogens (tertiary/aromatic N) is 1. The Labute approximate surface area is 110 Å². The van der Waals surface area contributed by atoms with Gasteiger partial charge in [-0.1, -0.05) is 0 Å². The summed E-state index contributed by atoms with van der Waals surface area (Å²) < 4.78 is 5.70. The van der Waals surface area contributed by atoms with E-state index in [2.05, 4.69) is 5.32 Å². The van der Waals surface area contributed by atoms with E-state index in [0.29, 0.717) is 6.61 Å². The Kier molecular flexibility index (Phi) is 5.45. The molecule has 2 rings (SSSR count). The van der Waals surface area contributed by atoms with Crippen LogP contribution in [0.25, 0.3) is 0 Å². The Balaban J connectivity index is 1.61. The molecule has 0 bridgehead atoms. The van der Waals surface area contributed by atoms with Crippen LogP contribution in [0.4, 0.5) is 0 Å². The fourth-order valence-electron chi connectivity index (χ4n) is 2.85. The van der Waals surface area contributed by atoms with E-state index in [4.69, 9.17) is 4.74 Å². The summed E-state index contributed by atoms with van der Waals surface area (Å²) in [4.78, 5) is 14.0. The zero-order valence-corrected chi connectivity index (χ0v) is 11.5. The molecule has 0 aliphatic carbocycles. The molecule has 2 saturated heterocycles. The van der Waals surface area contributed by atoms with Crippen LogP contribution in [0.3, 0.4) is 0 Å². The Morgan fingerprint density at radius 1 is 1.39 bits per heavy atom. The lowest BCUT2D eigenvalue weighted by atomic mass is 9.97. The van der Waals surface area contributed by atoms with Crippen molar-refractivity contribution in [2.45, 2.75) is 45.1 Å². The highest BCUT2D eigenvalue weighted by Crippen LogP contribution is 2.15. The minimum atomic E-state index is -0.264. The zero-order valence-electron chi connectivity index (χ0n) is 11.5. The molecule has 0 radical (unpaired) electrons. The van der Waals surface area contributed by atoms with Crippen molar-refractivity contribution in [1.29, 1.82) is 0 Å². The molecule has 104 valence electrons. The van der Waals surface area contributed by atoms with E-state index >= 15 is 0 Å². The van der Waals surface area contributed by atoms with Gasteiger partial charge in [-0.15, -0.1) is 0 Å². The van der Waals surface area contributed by atoms with Crippen LogP contribution in [-0.4, -0.2) is 49.7 Å². The lowest BCUT2D eigenvalue weighted by molar-refractivity contribution is -0.141. The number of carbonyl (C=O) groups is 1. The van der Waals surface area contributed by atoms with Gasteiger partial charge in [-0.2, -0.15) is 0 Å². The molecule has 2 fully saturated rings. The van der Waals surface area contributed by atoms with Crippen LogP contribution in [0.15, 0.2) is 0 Å². The van der Waals surface area contributed by atoms with E-state index in [1.807, 2.05) is 11.8 Å². The molecule has 2 heterocycles. The van der Waals surface area contributed by atoms with Crippen molar-refractivity contribution in [3.8, 4) is 0 Å². The fraction of sp³-hybridized carbons (Fsp3) is 0.929. The highest BCUT2D eigenvalue weighted by Gasteiger charge is 2.23. The smallest absolute Gasteiger partial charge is 0.251 e. The highest BCUT2D eigenvalue weighted by atomic mass is 16.5. The van der Waals surface area contributed by atoms with E-state index in [1.54, 1.807) is 0 Å². The molecule has 1 amide bonds. The summed E-state index contributed by atoms with van der Waals surface area (Å²) in [6.45, 7) is 6.70. The molecule has 4 nitrogen and oxygen atoms in total. The number of amides is 1. The number of rotatable bonds is 5. The highest BCUT2D eigenvalue weighted by molar-refractivity contribution is 5.80. The Bertz CT molecular complexity index is 259. The van der Waals surface area contributed by atoms with Crippen molar-refractivity contribution in [3.05, 3.63) is 0 Å². The van der Waals surface area contributed by atoms with Gasteiger partial charge < -0.3 is 15.0 Å². The summed E-state index contributed by atoms with van der Waals surface area (Å²) in [6, 6.07) is 0. The Morgan fingerprint density at radius 3 is 2.83 bits per heavy atom. The lowest BCUT2D eigenvalue weighted by Gasteiger charge is -2.24. The molecule has 1 N–H and O–H groups in total. The van der Waals surface area contributed by atoms with E-state index in [0.717, 1.165) is 51.4 Å². The molecule has 0 saturated carbocycles. The average Bonchev–Trinajstić information content (AvgIpc) is 2.93. The predicted molar refractivity (Wildman–Crippen MR) is 71.4 cm³/mol. The van der Waals surface area contributed by atoms with Gasteiger partial charge in [-0.05, 0) is 58.0 Å². The van der Waals surface area contributed by atoms with Crippen molar-refractivity contribution in [2.24, 2.45) is 5.92 Å². The van der Waals surface area contributed by atoms with Crippen LogP contribution in [0, 0.1) is 5.92 Å². The zero-order chi connectivity index (χ0) is 12.8. The van der Waals surface area contributed by atoms with Crippen LogP contribution < -0.4 is 5.32 Å². The maximum atomic E-state index is 12.0. The molecule has 0 spiro atoms. The molecule has 2 atom stereocenters. The van der Waals surface area contributed by atoms with Crippen molar-refractivity contribution in [2.75, 3.05) is 32.8 Å². The topological polar surface area (TPSA) is 41.6 Å². The molecule has 4 heteroatoms. The minimum Gasteiger partial charge on any atom is -0.369 e. The standard InChI is InChI=1S/C14H26N2O2/c1-12(14(17)16-8-2-3-9-16)18-10-6-13-5-4-7-15-11-13/h12-13,15H,2-11H2,1H3. The van der Waals surface area contributed by atoms with Crippen molar-refractivity contribution in [1.82, 2.24) is 10.2 Å². The summed E-state index contributed by atoms with van der Waals surface area (Å²) >= 11 is 0. The first-order valence-electron chi connectivity index (χ1n) is 7.38. The normalized spacial score (nSPS) is 26.3. The van der Waals surface area contributed by atoms with Gasteiger partial charge in [0.15, 0.2) is 0 Å². The lowest BCUT2D eigenvalue weighted by Crippen LogP contribution is -2.37. The van der Waals surface area contributed by atoms with E-state index in [9.17, 15) is 4.79 Å². The first-order valence-corrected chi connectivity index (χ1v) is 7.38. The number of ether oxygens (including phenoxy) is 1. The summed E-state index contributed by atoms with van der Waals surface area (Å²) in [5.74, 6) is 0.905. The van der Waals surface area contributed by atoms with Crippen molar-refractivity contribution >= 4 is 5.91 Å². The molecule has 2 aliphatic heterocycles. The quantitative estimate of drug-likeness (QED) is 0.806. The number of piperidine rings is 1. The minimum absolute atomic E-state index is 0.175. The summed E-state index contributed by atoms with van der Waals surface area (Å²) in [5, 5.41) is 3.41. The summed E-state index contributed by atoms with van der Waals surface area (Å²) in [5.41, 5.74) is 0. The van der Waals surface area contributed by atoms with Crippen molar-refractivity contribution in [3.63, 3.8) is 0 Å². The molecule has 18 heavy (non-hydrogen) atoms. The average molecular weight is 254 g/mol. The second kappa shape index (κ2) is 7.10. The first-order chi connectivity index (χ1) is 8.77. The summed E-state index contributed by atoms with van der Waals surface area (Å²) in [7, 11) is 0. The predicted octanol–water partition coefficient (Wildman–Crippen LogP) is 1.40. The maximum Gasteiger partial charge on any atom is 0.251 e. The third-order valence-electron chi connectivity index (χ3n) is 4.06. The van der Waals surface area contributed by atoms with Gasteiger partial charge in [0.2, 0.25) is 0 Å². The SMILES string of the molecule is CC(OCCC1CCCNC1)C(=O)N1CCCC1. The Morgan fingerprint density at radius 2 is 2.17 bits per heavy atom. The van der Waals surface area contributed by atoms with E-state index in [-0.39, 0.29) is 12.0 Å². The van der Waals surface area contributed by atoms with Crippen LogP contribution in [0.5, 0.6) is 0 Å². The van der Waals surface area contributed by atoms with Crippen LogP contribution >= 0.6 is 0 Å². The third-order valence-corrected chi connectivity index (χ3v) is 4.06.